The van der Waals surface area contributed by atoms with E-state index in [0.717, 1.165) is 0 Å². The van der Waals surface area contributed by atoms with Gasteiger partial charge in [0.15, 0.2) is 0 Å². The van der Waals surface area contributed by atoms with E-state index in [2.05, 4.69) is 4.99 Å². The van der Waals surface area contributed by atoms with Gasteiger partial charge in [-0.25, -0.2) is 0 Å². The highest BCUT2D eigenvalue weighted by molar-refractivity contribution is 8.10. The Balaban J connectivity index is 2.45. The van der Waals surface area contributed by atoms with E-state index in [1.165, 1.54) is 11.9 Å². The highest BCUT2D eigenvalue weighted by Gasteiger charge is 2.12. The third-order valence-corrected chi connectivity index (χ3v) is 1.96. The quantitative estimate of drug-likeness (QED) is 0.370. The van der Waals surface area contributed by atoms with Crippen LogP contribution in [0.4, 0.5) is 0 Å². The van der Waals surface area contributed by atoms with E-state index in [4.69, 9.17) is 11.8 Å². The average Bonchev–Trinajstić information content (AvgIpc) is 1.91. The minimum atomic E-state index is 0.145. The fourth-order valence-corrected chi connectivity index (χ4v) is 1.01. The minimum Gasteiger partial charge on any atom is -0.264 e. The fourth-order valence-electron chi connectivity index (χ4n) is 0.301. The lowest BCUT2D eigenvalue weighted by molar-refractivity contribution is 0.580. The molecule has 0 bridgehead atoms. The maximum Gasteiger partial charge on any atom is 0.124 e. The Labute approximate surface area is 51.8 Å². The van der Waals surface area contributed by atoms with Crippen molar-refractivity contribution in [3.8, 4) is 0 Å². The molecule has 1 heterocycles. The van der Waals surface area contributed by atoms with Crippen LogP contribution in [0.15, 0.2) is 4.99 Å². The standard InChI is InChI=1S/C3H5ClN2S/c1-3-5-2-7-6(3)4/h2-3H,1H3. The van der Waals surface area contributed by atoms with E-state index >= 15 is 0 Å². The molecular weight excluding hydrogens is 132 g/mol. The first-order valence-electron chi connectivity index (χ1n) is 1.94. The van der Waals surface area contributed by atoms with E-state index in [1.807, 2.05) is 6.92 Å². The first-order chi connectivity index (χ1) is 3.30. The third kappa shape index (κ3) is 1.08. The van der Waals surface area contributed by atoms with Gasteiger partial charge in [-0.3, -0.25) is 4.99 Å². The Hall–Kier alpha value is 0.270. The zero-order chi connectivity index (χ0) is 5.28. The van der Waals surface area contributed by atoms with Crippen LogP contribution in [0, 0.1) is 0 Å². The molecule has 0 fully saturated rings. The molecule has 0 aromatic carbocycles. The van der Waals surface area contributed by atoms with E-state index in [9.17, 15) is 0 Å². The molecule has 1 aliphatic heterocycles. The topological polar surface area (TPSA) is 15.6 Å². The van der Waals surface area contributed by atoms with Crippen molar-refractivity contribution in [3.63, 3.8) is 0 Å². The van der Waals surface area contributed by atoms with Crippen LogP contribution in [0.25, 0.3) is 0 Å². The summed E-state index contributed by atoms with van der Waals surface area (Å²) in [5, 5.41) is 0. The fraction of sp³-hybridized carbons (Fsp3) is 0.667. The lowest BCUT2D eigenvalue weighted by Crippen LogP contribution is -2.07. The van der Waals surface area contributed by atoms with Gasteiger partial charge in [-0.1, -0.05) is 0 Å². The lowest BCUT2D eigenvalue weighted by Gasteiger charge is -2.04. The summed E-state index contributed by atoms with van der Waals surface area (Å²) in [5.41, 5.74) is 1.73. The number of halogens is 1. The van der Waals surface area contributed by atoms with Crippen molar-refractivity contribution in [1.29, 1.82) is 0 Å². The van der Waals surface area contributed by atoms with Crippen molar-refractivity contribution in [1.82, 2.24) is 3.82 Å². The van der Waals surface area contributed by atoms with Crippen molar-refractivity contribution >= 4 is 29.3 Å². The van der Waals surface area contributed by atoms with Crippen LogP contribution in [-0.2, 0) is 0 Å². The van der Waals surface area contributed by atoms with E-state index < -0.39 is 0 Å². The van der Waals surface area contributed by atoms with Crippen LogP contribution < -0.4 is 0 Å². The molecule has 0 radical (unpaired) electrons. The second-order valence-corrected chi connectivity index (χ2v) is 2.64. The zero-order valence-corrected chi connectivity index (χ0v) is 5.41. The summed E-state index contributed by atoms with van der Waals surface area (Å²) in [5.74, 6) is 0. The molecule has 0 N–H and O–H groups in total. The Bertz CT molecular complexity index is 94.9. The summed E-state index contributed by atoms with van der Waals surface area (Å²) in [7, 11) is 0. The van der Waals surface area contributed by atoms with Crippen LogP contribution in [0.2, 0.25) is 0 Å². The average molecular weight is 137 g/mol. The summed E-state index contributed by atoms with van der Waals surface area (Å²) in [6.45, 7) is 1.93. The van der Waals surface area contributed by atoms with Crippen LogP contribution in [0.5, 0.6) is 0 Å². The summed E-state index contributed by atoms with van der Waals surface area (Å²) >= 11 is 6.95. The Morgan fingerprint density at radius 2 is 2.71 bits per heavy atom. The SMILES string of the molecule is CC1N=CSN1Cl. The monoisotopic (exact) mass is 136 g/mol. The molecule has 7 heavy (non-hydrogen) atoms. The normalized spacial score (nSPS) is 32.0. The minimum absolute atomic E-state index is 0.145. The van der Waals surface area contributed by atoms with Gasteiger partial charge in [0, 0.05) is 0 Å². The Morgan fingerprint density at radius 1 is 2.00 bits per heavy atom. The maximum atomic E-state index is 5.53. The van der Waals surface area contributed by atoms with Gasteiger partial charge in [-0.2, -0.15) is 0 Å². The predicted octanol–water partition coefficient (Wildman–Crippen LogP) is 1.48. The summed E-state index contributed by atoms with van der Waals surface area (Å²) in [6.07, 6.45) is 0.145. The number of aliphatic imine (C=N–C) groups is 1. The molecule has 1 rings (SSSR count). The number of hydrogen-bond acceptors (Lipinski definition) is 3. The molecule has 4 heteroatoms. The largest absolute Gasteiger partial charge is 0.264 e. The molecule has 0 aromatic rings. The first kappa shape index (κ1) is 5.41. The summed E-state index contributed by atoms with van der Waals surface area (Å²) < 4.78 is 1.57. The highest BCUT2D eigenvalue weighted by Crippen LogP contribution is 2.21. The van der Waals surface area contributed by atoms with Gasteiger partial charge in [0.05, 0.1) is 5.55 Å². The van der Waals surface area contributed by atoms with Crippen molar-refractivity contribution in [2.45, 2.75) is 13.1 Å². The van der Waals surface area contributed by atoms with Gasteiger partial charge < -0.3 is 0 Å². The van der Waals surface area contributed by atoms with Gasteiger partial charge in [0.2, 0.25) is 0 Å². The third-order valence-electron chi connectivity index (χ3n) is 0.718. The van der Waals surface area contributed by atoms with Gasteiger partial charge >= 0.3 is 0 Å². The molecule has 0 amide bonds. The van der Waals surface area contributed by atoms with Crippen LogP contribution in [0.3, 0.4) is 0 Å². The number of hydrogen-bond donors (Lipinski definition) is 0. The van der Waals surface area contributed by atoms with Crippen LogP contribution >= 0.6 is 23.7 Å². The Kier molecular flexibility index (Phi) is 1.57. The van der Waals surface area contributed by atoms with E-state index in [0.29, 0.717) is 0 Å². The van der Waals surface area contributed by atoms with Crippen LogP contribution in [-0.4, -0.2) is 15.5 Å². The van der Waals surface area contributed by atoms with Crippen molar-refractivity contribution in [2.75, 3.05) is 0 Å². The molecule has 1 aliphatic rings. The second kappa shape index (κ2) is 2.03. The second-order valence-electron chi connectivity index (χ2n) is 1.26. The first-order valence-corrected chi connectivity index (χ1v) is 3.11. The molecule has 1 unspecified atom stereocenters. The molecule has 2 nitrogen and oxygen atoms in total. The number of nitrogens with zero attached hydrogens (tertiary/aromatic N) is 2. The Morgan fingerprint density at radius 3 is 2.86 bits per heavy atom. The van der Waals surface area contributed by atoms with Gasteiger partial charge in [0.25, 0.3) is 0 Å². The molecule has 1 atom stereocenters. The van der Waals surface area contributed by atoms with E-state index in [-0.39, 0.29) is 6.17 Å². The molecule has 0 spiro atoms. The molecule has 0 saturated heterocycles. The zero-order valence-electron chi connectivity index (χ0n) is 3.84. The van der Waals surface area contributed by atoms with Gasteiger partial charge in [0.1, 0.15) is 6.17 Å². The summed E-state index contributed by atoms with van der Waals surface area (Å²) in [4.78, 5) is 3.95. The van der Waals surface area contributed by atoms with E-state index in [1.54, 1.807) is 9.37 Å². The van der Waals surface area contributed by atoms with Gasteiger partial charge in [-0.05, 0) is 30.6 Å². The molecule has 0 aliphatic carbocycles. The molecular formula is C3H5ClN2S. The summed E-state index contributed by atoms with van der Waals surface area (Å²) in [6, 6.07) is 0. The lowest BCUT2D eigenvalue weighted by atomic mass is 10.6. The molecule has 0 aromatic heterocycles. The smallest absolute Gasteiger partial charge is 0.124 e. The van der Waals surface area contributed by atoms with Crippen LogP contribution in [0.1, 0.15) is 6.92 Å². The predicted molar refractivity (Wildman–Crippen MR) is 33.2 cm³/mol. The van der Waals surface area contributed by atoms with Gasteiger partial charge in [-0.15, -0.1) is 3.82 Å². The maximum absolute atomic E-state index is 5.53. The number of rotatable bonds is 0. The van der Waals surface area contributed by atoms with Crippen molar-refractivity contribution in [3.05, 3.63) is 0 Å². The highest BCUT2D eigenvalue weighted by atomic mass is 35.5. The molecule has 0 saturated carbocycles. The van der Waals surface area contributed by atoms with Crippen molar-refractivity contribution in [2.24, 2.45) is 4.99 Å². The van der Waals surface area contributed by atoms with Crippen molar-refractivity contribution < 1.29 is 0 Å². The molecule has 40 valence electrons.